The Morgan fingerprint density at radius 2 is 2.29 bits per heavy atom. The van der Waals surface area contributed by atoms with Crippen LogP contribution < -0.4 is 16.0 Å². The van der Waals surface area contributed by atoms with Gasteiger partial charge < -0.3 is 16.0 Å². The van der Waals surface area contributed by atoms with E-state index in [0.29, 0.717) is 24.4 Å². The highest BCUT2D eigenvalue weighted by molar-refractivity contribution is 7.08. The Labute approximate surface area is 135 Å². The zero-order valence-corrected chi connectivity index (χ0v) is 13.7. The Morgan fingerprint density at radius 3 is 2.95 bits per heavy atom. The fourth-order valence-electron chi connectivity index (χ4n) is 2.25. The van der Waals surface area contributed by atoms with Gasteiger partial charge in [-0.3, -0.25) is 9.59 Å². The van der Waals surface area contributed by atoms with E-state index in [0.717, 1.165) is 19.5 Å². The monoisotopic (exact) mass is 331 g/mol. The third kappa shape index (κ3) is 5.65. The Bertz CT molecular complexity index is 453. The van der Waals surface area contributed by atoms with E-state index in [1.165, 1.54) is 11.3 Å². The number of halogens is 1. The van der Waals surface area contributed by atoms with Gasteiger partial charge in [0.05, 0.1) is 0 Å². The second-order valence-corrected chi connectivity index (χ2v) is 5.94. The summed E-state index contributed by atoms with van der Waals surface area (Å²) in [5.74, 6) is 0.378. The first kappa shape index (κ1) is 17.9. The van der Waals surface area contributed by atoms with Crippen molar-refractivity contribution < 1.29 is 9.59 Å². The first-order valence-electron chi connectivity index (χ1n) is 6.97. The number of carbonyl (C=O) groups excluding carboxylic acids is 2. The van der Waals surface area contributed by atoms with Gasteiger partial charge in [0.1, 0.15) is 0 Å². The lowest BCUT2D eigenvalue weighted by Gasteiger charge is -2.30. The molecule has 0 aliphatic carbocycles. The lowest BCUT2D eigenvalue weighted by Crippen LogP contribution is -2.50. The SMILES string of the molecule is CC1CCNCC1NC(=O)CCNC(=O)c1ccsc1.Cl. The van der Waals surface area contributed by atoms with Gasteiger partial charge >= 0.3 is 0 Å². The summed E-state index contributed by atoms with van der Waals surface area (Å²) >= 11 is 1.48. The smallest absolute Gasteiger partial charge is 0.252 e. The molecule has 3 N–H and O–H groups in total. The van der Waals surface area contributed by atoms with Crippen molar-refractivity contribution in [3.8, 4) is 0 Å². The molecule has 7 heteroatoms. The van der Waals surface area contributed by atoms with E-state index < -0.39 is 0 Å². The van der Waals surface area contributed by atoms with Crippen LogP contribution in [-0.2, 0) is 4.79 Å². The van der Waals surface area contributed by atoms with Crippen molar-refractivity contribution in [2.24, 2.45) is 5.92 Å². The van der Waals surface area contributed by atoms with Gasteiger partial charge in [-0.15, -0.1) is 12.4 Å². The molecule has 1 saturated heterocycles. The highest BCUT2D eigenvalue weighted by Crippen LogP contribution is 2.11. The molecule has 1 aromatic rings. The minimum Gasteiger partial charge on any atom is -0.352 e. The summed E-state index contributed by atoms with van der Waals surface area (Å²) in [6.45, 7) is 4.37. The third-order valence-electron chi connectivity index (χ3n) is 3.59. The van der Waals surface area contributed by atoms with Crippen molar-refractivity contribution in [1.29, 1.82) is 0 Å². The van der Waals surface area contributed by atoms with Crippen LogP contribution >= 0.6 is 23.7 Å². The molecule has 2 unspecified atom stereocenters. The van der Waals surface area contributed by atoms with Gasteiger partial charge in [-0.1, -0.05) is 6.92 Å². The average Bonchev–Trinajstić information content (AvgIpc) is 2.95. The van der Waals surface area contributed by atoms with Crippen LogP contribution in [0.1, 0.15) is 30.1 Å². The maximum absolute atomic E-state index is 11.8. The molecule has 0 spiro atoms. The predicted molar refractivity (Wildman–Crippen MR) is 87.1 cm³/mol. The summed E-state index contributed by atoms with van der Waals surface area (Å²) < 4.78 is 0. The number of nitrogens with one attached hydrogen (secondary N) is 3. The molecule has 2 heterocycles. The van der Waals surface area contributed by atoms with Crippen LogP contribution in [-0.4, -0.2) is 37.5 Å². The van der Waals surface area contributed by atoms with Crippen molar-refractivity contribution in [1.82, 2.24) is 16.0 Å². The van der Waals surface area contributed by atoms with E-state index >= 15 is 0 Å². The zero-order valence-electron chi connectivity index (χ0n) is 12.1. The Morgan fingerprint density at radius 1 is 1.48 bits per heavy atom. The number of carbonyl (C=O) groups is 2. The minimum atomic E-state index is -0.119. The first-order valence-corrected chi connectivity index (χ1v) is 7.91. The van der Waals surface area contributed by atoms with E-state index in [1.807, 2.05) is 5.38 Å². The number of hydrogen-bond acceptors (Lipinski definition) is 4. The van der Waals surface area contributed by atoms with Gasteiger partial charge in [0.25, 0.3) is 5.91 Å². The van der Waals surface area contributed by atoms with Crippen molar-refractivity contribution in [2.45, 2.75) is 25.8 Å². The van der Waals surface area contributed by atoms with E-state index in [9.17, 15) is 9.59 Å². The van der Waals surface area contributed by atoms with Gasteiger partial charge in [0.2, 0.25) is 5.91 Å². The van der Waals surface area contributed by atoms with E-state index in [1.54, 1.807) is 11.4 Å². The van der Waals surface area contributed by atoms with Crippen LogP contribution in [0, 0.1) is 5.92 Å². The second kappa shape index (κ2) is 9.02. The van der Waals surface area contributed by atoms with Crippen molar-refractivity contribution in [3.63, 3.8) is 0 Å². The fourth-order valence-corrected chi connectivity index (χ4v) is 2.88. The number of amides is 2. The van der Waals surface area contributed by atoms with Crippen molar-refractivity contribution >= 4 is 35.6 Å². The Balaban J connectivity index is 0.00000220. The molecular formula is C14H22ClN3O2S. The lowest BCUT2D eigenvalue weighted by atomic mass is 9.95. The molecule has 118 valence electrons. The summed E-state index contributed by atoms with van der Waals surface area (Å²) in [6, 6.07) is 1.97. The standard InChI is InChI=1S/C14H21N3O2S.ClH/c1-10-2-5-15-8-12(10)17-13(18)3-6-16-14(19)11-4-7-20-9-11;/h4,7,9-10,12,15H,2-3,5-6,8H2,1H3,(H,16,19)(H,17,18);1H. The largest absolute Gasteiger partial charge is 0.352 e. The first-order chi connectivity index (χ1) is 9.66. The highest BCUT2D eigenvalue weighted by atomic mass is 35.5. The van der Waals surface area contributed by atoms with Crippen molar-refractivity contribution in [2.75, 3.05) is 19.6 Å². The van der Waals surface area contributed by atoms with Crippen LogP contribution in [0.5, 0.6) is 0 Å². The summed E-state index contributed by atoms with van der Waals surface area (Å²) in [5, 5.41) is 12.7. The van der Waals surface area contributed by atoms with Crippen molar-refractivity contribution in [3.05, 3.63) is 22.4 Å². The molecule has 21 heavy (non-hydrogen) atoms. The van der Waals surface area contributed by atoms with Crippen LogP contribution in [0.4, 0.5) is 0 Å². The number of rotatable bonds is 5. The second-order valence-electron chi connectivity index (χ2n) is 5.16. The Hall–Kier alpha value is -1.11. The highest BCUT2D eigenvalue weighted by Gasteiger charge is 2.22. The van der Waals surface area contributed by atoms with Crippen LogP contribution in [0.15, 0.2) is 16.8 Å². The van der Waals surface area contributed by atoms with E-state index in [-0.39, 0.29) is 30.3 Å². The predicted octanol–water partition coefficient (Wildman–Crippen LogP) is 1.40. The topological polar surface area (TPSA) is 70.2 Å². The fraction of sp³-hybridized carbons (Fsp3) is 0.571. The molecule has 0 bridgehead atoms. The molecule has 2 rings (SSSR count). The van der Waals surface area contributed by atoms with Gasteiger partial charge in [-0.2, -0.15) is 11.3 Å². The van der Waals surface area contributed by atoms with Crippen LogP contribution in [0.3, 0.4) is 0 Å². The number of hydrogen-bond donors (Lipinski definition) is 3. The normalized spacial score (nSPS) is 21.2. The third-order valence-corrected chi connectivity index (χ3v) is 4.28. The molecule has 1 aliphatic heterocycles. The minimum absolute atomic E-state index is 0. The van der Waals surface area contributed by atoms with Gasteiger partial charge in [0.15, 0.2) is 0 Å². The summed E-state index contributed by atoms with van der Waals surface area (Å²) in [4.78, 5) is 23.5. The average molecular weight is 332 g/mol. The summed E-state index contributed by atoms with van der Waals surface area (Å²) in [7, 11) is 0. The molecule has 1 aliphatic rings. The van der Waals surface area contributed by atoms with Crippen LogP contribution in [0.2, 0.25) is 0 Å². The van der Waals surface area contributed by atoms with Gasteiger partial charge in [0, 0.05) is 36.5 Å². The lowest BCUT2D eigenvalue weighted by molar-refractivity contribution is -0.122. The molecule has 0 radical (unpaired) electrons. The summed E-state index contributed by atoms with van der Waals surface area (Å²) in [6.07, 6.45) is 1.40. The molecule has 1 aromatic heterocycles. The molecule has 1 fully saturated rings. The molecular weight excluding hydrogens is 310 g/mol. The van der Waals surface area contributed by atoms with Crippen LogP contribution in [0.25, 0.3) is 0 Å². The maximum atomic E-state index is 11.8. The Kier molecular flexibility index (Phi) is 7.71. The zero-order chi connectivity index (χ0) is 14.4. The van der Waals surface area contributed by atoms with E-state index in [4.69, 9.17) is 0 Å². The molecule has 2 amide bonds. The number of piperidine rings is 1. The maximum Gasteiger partial charge on any atom is 0.252 e. The summed E-state index contributed by atoms with van der Waals surface area (Å²) in [5.41, 5.74) is 0.653. The number of thiophene rings is 1. The molecule has 2 atom stereocenters. The van der Waals surface area contributed by atoms with Gasteiger partial charge in [-0.25, -0.2) is 0 Å². The van der Waals surface area contributed by atoms with E-state index in [2.05, 4.69) is 22.9 Å². The molecule has 5 nitrogen and oxygen atoms in total. The molecule has 0 saturated carbocycles. The molecule has 0 aromatic carbocycles. The van der Waals surface area contributed by atoms with Gasteiger partial charge in [-0.05, 0) is 30.3 Å². The quantitative estimate of drug-likeness (QED) is 0.764.